The zero-order valence-corrected chi connectivity index (χ0v) is 15.8. The summed E-state index contributed by atoms with van der Waals surface area (Å²) in [7, 11) is -3.87. The number of nitrogens with zero attached hydrogens (tertiary/aromatic N) is 1. The summed E-state index contributed by atoms with van der Waals surface area (Å²) in [5.74, 6) is -1.52. The van der Waals surface area contributed by atoms with E-state index in [2.05, 4.69) is 0 Å². The van der Waals surface area contributed by atoms with E-state index in [0.717, 1.165) is 10.8 Å². The van der Waals surface area contributed by atoms with E-state index < -0.39 is 43.3 Å². The molecule has 1 aromatic heterocycles. The van der Waals surface area contributed by atoms with E-state index >= 15 is 0 Å². The van der Waals surface area contributed by atoms with Gasteiger partial charge in [-0.3, -0.25) is 27.9 Å². The van der Waals surface area contributed by atoms with Gasteiger partial charge in [0.25, 0.3) is 5.56 Å². The third-order valence-electron chi connectivity index (χ3n) is 4.61. The fourth-order valence-corrected chi connectivity index (χ4v) is 4.60. The standard InChI is InChI=1S/C17H17F2N2O7P/c18-11-3-1-2-10(6-11)4-5-25-29(24)26-9-14-13(28-29)7-15(27-14)21-8-12(19)16(22)20-17(21)23/h1-3,6,8,13-15H,4-5,7,9H2,(H,20,22,23)/t13-,14+,15+,29?/m0/s1. The number of phosphoric acid groups is 1. The van der Waals surface area contributed by atoms with Crippen molar-refractivity contribution in [3.8, 4) is 0 Å². The Morgan fingerprint density at radius 1 is 1.28 bits per heavy atom. The predicted molar refractivity (Wildman–Crippen MR) is 94.3 cm³/mol. The van der Waals surface area contributed by atoms with E-state index in [1.54, 1.807) is 12.1 Å². The Labute approximate surface area is 162 Å². The van der Waals surface area contributed by atoms with Crippen LogP contribution in [0.3, 0.4) is 0 Å². The molecule has 0 saturated carbocycles. The predicted octanol–water partition coefficient (Wildman–Crippen LogP) is 1.89. The number of ether oxygens (including phenoxy) is 1. The molecule has 0 radical (unpaired) electrons. The number of phosphoric ester groups is 1. The number of aromatic amines is 1. The largest absolute Gasteiger partial charge is 0.475 e. The highest BCUT2D eigenvalue weighted by molar-refractivity contribution is 7.48. The van der Waals surface area contributed by atoms with Crippen molar-refractivity contribution in [2.24, 2.45) is 0 Å². The van der Waals surface area contributed by atoms with Gasteiger partial charge in [0.2, 0.25) is 5.82 Å². The first-order chi connectivity index (χ1) is 13.8. The molecule has 2 saturated heterocycles. The van der Waals surface area contributed by atoms with Crippen molar-refractivity contribution >= 4 is 7.82 Å². The summed E-state index contributed by atoms with van der Waals surface area (Å²) >= 11 is 0. The van der Waals surface area contributed by atoms with Crippen LogP contribution < -0.4 is 11.2 Å². The number of fused-ring (bicyclic) bond motifs is 1. The van der Waals surface area contributed by atoms with Crippen LogP contribution in [0.2, 0.25) is 0 Å². The number of H-pyrrole nitrogens is 1. The number of halogens is 2. The first-order valence-corrected chi connectivity index (χ1v) is 10.3. The van der Waals surface area contributed by atoms with Gasteiger partial charge >= 0.3 is 13.5 Å². The zero-order chi connectivity index (χ0) is 20.6. The maximum atomic E-state index is 13.5. The van der Waals surface area contributed by atoms with Crippen molar-refractivity contribution in [3.05, 3.63) is 68.5 Å². The summed E-state index contributed by atoms with van der Waals surface area (Å²) in [5.41, 5.74) is -1.30. The lowest BCUT2D eigenvalue weighted by molar-refractivity contribution is -0.0722. The maximum absolute atomic E-state index is 13.5. The van der Waals surface area contributed by atoms with Gasteiger partial charge in [0.1, 0.15) is 24.3 Å². The molecular weight excluding hydrogens is 413 g/mol. The molecular formula is C17H17F2N2O7P. The Morgan fingerprint density at radius 3 is 2.90 bits per heavy atom. The molecule has 0 spiro atoms. The van der Waals surface area contributed by atoms with Gasteiger partial charge in [0.05, 0.1) is 19.4 Å². The number of aromatic nitrogens is 2. The Morgan fingerprint density at radius 2 is 2.10 bits per heavy atom. The first-order valence-electron chi connectivity index (χ1n) is 8.81. The number of rotatable bonds is 5. The van der Waals surface area contributed by atoms with Gasteiger partial charge in [-0.1, -0.05) is 12.1 Å². The van der Waals surface area contributed by atoms with E-state index in [9.17, 15) is 22.9 Å². The van der Waals surface area contributed by atoms with Gasteiger partial charge < -0.3 is 4.74 Å². The molecule has 1 aromatic carbocycles. The summed E-state index contributed by atoms with van der Waals surface area (Å²) < 4.78 is 61.8. The fraction of sp³-hybridized carbons (Fsp3) is 0.412. The van der Waals surface area contributed by atoms with Gasteiger partial charge in [-0.25, -0.2) is 13.8 Å². The molecule has 4 atom stereocenters. The van der Waals surface area contributed by atoms with E-state index in [1.807, 2.05) is 4.98 Å². The molecule has 2 aromatic rings. The third-order valence-corrected chi connectivity index (χ3v) is 6.10. The van der Waals surface area contributed by atoms with E-state index in [0.29, 0.717) is 12.0 Å². The van der Waals surface area contributed by atoms with Crippen molar-refractivity contribution in [1.82, 2.24) is 9.55 Å². The molecule has 0 bridgehead atoms. The van der Waals surface area contributed by atoms with E-state index in [4.69, 9.17) is 18.3 Å². The fourth-order valence-electron chi connectivity index (χ4n) is 3.20. The molecule has 12 heteroatoms. The van der Waals surface area contributed by atoms with Crippen LogP contribution >= 0.6 is 7.82 Å². The average Bonchev–Trinajstić information content (AvgIpc) is 3.07. The molecule has 156 valence electrons. The quantitative estimate of drug-likeness (QED) is 0.722. The van der Waals surface area contributed by atoms with Crippen LogP contribution in [0.5, 0.6) is 0 Å². The lowest BCUT2D eigenvalue weighted by Gasteiger charge is -2.29. The van der Waals surface area contributed by atoms with Crippen LogP contribution in [0.15, 0.2) is 40.1 Å². The first kappa shape index (κ1) is 20.1. The number of hydrogen-bond donors (Lipinski definition) is 1. The number of benzene rings is 1. The Balaban J connectivity index is 1.38. The molecule has 3 heterocycles. The van der Waals surface area contributed by atoms with Crippen LogP contribution in [-0.2, 0) is 29.3 Å². The summed E-state index contributed by atoms with van der Waals surface area (Å²) in [4.78, 5) is 24.9. The maximum Gasteiger partial charge on any atom is 0.475 e. The highest BCUT2D eigenvalue weighted by Crippen LogP contribution is 2.56. The summed E-state index contributed by atoms with van der Waals surface area (Å²) in [5, 5.41) is 0. The highest BCUT2D eigenvalue weighted by atomic mass is 31.2. The van der Waals surface area contributed by atoms with Gasteiger partial charge in [0.15, 0.2) is 0 Å². The van der Waals surface area contributed by atoms with Crippen LogP contribution in [0.1, 0.15) is 18.2 Å². The topological polar surface area (TPSA) is 109 Å². The molecule has 2 aliphatic heterocycles. The molecule has 2 fully saturated rings. The molecule has 1 unspecified atom stereocenters. The van der Waals surface area contributed by atoms with Crippen molar-refractivity contribution < 1.29 is 31.7 Å². The van der Waals surface area contributed by atoms with Gasteiger partial charge in [-0.15, -0.1) is 0 Å². The van der Waals surface area contributed by atoms with Gasteiger partial charge in [-0.05, 0) is 24.1 Å². The molecule has 9 nitrogen and oxygen atoms in total. The average molecular weight is 430 g/mol. The Kier molecular flexibility index (Phi) is 5.50. The van der Waals surface area contributed by atoms with Crippen molar-refractivity contribution in [2.45, 2.75) is 31.3 Å². The van der Waals surface area contributed by atoms with Crippen LogP contribution in [-0.4, -0.2) is 35.0 Å². The van der Waals surface area contributed by atoms with Crippen molar-refractivity contribution in [3.63, 3.8) is 0 Å². The van der Waals surface area contributed by atoms with Gasteiger partial charge in [-0.2, -0.15) is 4.39 Å². The molecule has 4 rings (SSSR count). The minimum atomic E-state index is -3.87. The van der Waals surface area contributed by atoms with Crippen LogP contribution in [0.25, 0.3) is 0 Å². The minimum Gasteiger partial charge on any atom is -0.349 e. The second-order valence-electron chi connectivity index (χ2n) is 6.61. The lowest BCUT2D eigenvalue weighted by atomic mass is 10.2. The van der Waals surface area contributed by atoms with E-state index in [-0.39, 0.29) is 25.5 Å². The molecule has 2 aliphatic rings. The normalized spacial score (nSPS) is 29.0. The van der Waals surface area contributed by atoms with Crippen LogP contribution in [0, 0.1) is 11.6 Å². The summed E-state index contributed by atoms with van der Waals surface area (Å²) in [6, 6.07) is 5.92. The Bertz CT molecular complexity index is 1070. The van der Waals surface area contributed by atoms with Crippen molar-refractivity contribution in [2.75, 3.05) is 13.2 Å². The lowest BCUT2D eigenvalue weighted by Crippen LogP contribution is -2.34. The molecule has 0 aliphatic carbocycles. The van der Waals surface area contributed by atoms with E-state index in [1.165, 1.54) is 12.1 Å². The molecule has 29 heavy (non-hydrogen) atoms. The zero-order valence-electron chi connectivity index (χ0n) is 15.0. The number of nitrogens with one attached hydrogen (secondary N) is 1. The number of hydrogen-bond acceptors (Lipinski definition) is 7. The second-order valence-corrected chi connectivity index (χ2v) is 8.23. The van der Waals surface area contributed by atoms with Crippen molar-refractivity contribution in [1.29, 1.82) is 0 Å². The third kappa shape index (κ3) is 4.39. The summed E-state index contributed by atoms with van der Waals surface area (Å²) in [6.07, 6.45) is -1.15. The molecule has 0 amide bonds. The SMILES string of the molecule is O=c1[nH]c(=O)n([C@H]2C[C@@H]3OP(=O)(OCCc4cccc(F)c4)OC[C@H]3O2)cc1F. The minimum absolute atomic E-state index is 0.0208. The molecule has 1 N–H and O–H groups in total. The van der Waals surface area contributed by atoms with Gasteiger partial charge in [0, 0.05) is 6.42 Å². The monoisotopic (exact) mass is 430 g/mol. The van der Waals surface area contributed by atoms with Crippen LogP contribution in [0.4, 0.5) is 8.78 Å². The smallest absolute Gasteiger partial charge is 0.349 e. The Hall–Kier alpha value is -2.17. The highest BCUT2D eigenvalue weighted by Gasteiger charge is 2.48. The second kappa shape index (κ2) is 7.92. The summed E-state index contributed by atoms with van der Waals surface area (Å²) in [6.45, 7) is -0.133.